The second-order valence-electron chi connectivity index (χ2n) is 7.84. The number of carbonyl (C=O) groups is 1. The quantitative estimate of drug-likeness (QED) is 0.723. The Morgan fingerprint density at radius 2 is 1.65 bits per heavy atom. The fraction of sp³-hybridized carbons (Fsp3) is 0.941. The van der Waals surface area contributed by atoms with E-state index < -0.39 is 10.2 Å². The van der Waals surface area contributed by atoms with E-state index in [9.17, 15) is 13.2 Å². The zero-order valence-corrected chi connectivity index (χ0v) is 16.7. The number of morpholine rings is 1. The molecule has 3 fully saturated rings. The highest BCUT2D eigenvalue weighted by atomic mass is 32.2. The number of hydrogen-bond donors (Lipinski definition) is 1. The molecule has 0 aromatic rings. The molecule has 0 bridgehead atoms. The predicted molar refractivity (Wildman–Crippen MR) is 98.5 cm³/mol. The van der Waals surface area contributed by atoms with E-state index in [0.29, 0.717) is 45.8 Å². The van der Waals surface area contributed by atoms with Gasteiger partial charge in [-0.15, -0.1) is 0 Å². The van der Waals surface area contributed by atoms with Crippen LogP contribution in [-0.2, 0) is 19.7 Å². The fourth-order valence-corrected chi connectivity index (χ4v) is 6.25. The molecule has 3 rings (SSSR count). The minimum Gasteiger partial charge on any atom is -0.373 e. The summed E-state index contributed by atoms with van der Waals surface area (Å²) in [6.07, 6.45) is 2.77. The minimum absolute atomic E-state index is 0.0177. The average molecular weight is 389 g/mol. The summed E-state index contributed by atoms with van der Waals surface area (Å²) < 4.78 is 34.5. The molecule has 9 heteroatoms. The van der Waals surface area contributed by atoms with Crippen molar-refractivity contribution in [1.82, 2.24) is 13.5 Å². The molecule has 8 nitrogen and oxygen atoms in total. The fourth-order valence-electron chi connectivity index (χ4n) is 4.50. The van der Waals surface area contributed by atoms with Crippen LogP contribution in [0.25, 0.3) is 0 Å². The van der Waals surface area contributed by atoms with Crippen LogP contribution < -0.4 is 5.73 Å². The molecule has 0 radical (unpaired) electrons. The molecule has 2 unspecified atom stereocenters. The van der Waals surface area contributed by atoms with Gasteiger partial charge in [0.1, 0.15) is 0 Å². The van der Waals surface area contributed by atoms with Gasteiger partial charge < -0.3 is 15.4 Å². The smallest absolute Gasteiger partial charge is 0.282 e. The molecule has 2 saturated heterocycles. The molecule has 26 heavy (non-hydrogen) atoms. The molecule has 2 N–H and O–H groups in total. The van der Waals surface area contributed by atoms with Crippen molar-refractivity contribution in [3.63, 3.8) is 0 Å². The molecule has 1 aliphatic carbocycles. The molecule has 0 aromatic heterocycles. The summed E-state index contributed by atoms with van der Waals surface area (Å²) in [5.41, 5.74) is 5.80. The van der Waals surface area contributed by atoms with E-state index in [1.807, 2.05) is 18.7 Å². The summed E-state index contributed by atoms with van der Waals surface area (Å²) in [7, 11) is -3.51. The highest BCUT2D eigenvalue weighted by Gasteiger charge is 2.39. The summed E-state index contributed by atoms with van der Waals surface area (Å²) in [6, 6.07) is 0. The molecule has 0 spiro atoms. The Hall–Kier alpha value is -0.740. The second-order valence-corrected chi connectivity index (χ2v) is 9.77. The molecule has 2 heterocycles. The number of carbonyl (C=O) groups excluding carboxylic acids is 1. The van der Waals surface area contributed by atoms with Crippen molar-refractivity contribution in [2.75, 3.05) is 45.8 Å². The first-order chi connectivity index (χ1) is 12.3. The number of hydrogen-bond acceptors (Lipinski definition) is 5. The van der Waals surface area contributed by atoms with Gasteiger partial charge >= 0.3 is 0 Å². The maximum atomic E-state index is 12.9. The van der Waals surface area contributed by atoms with Gasteiger partial charge in [-0.2, -0.15) is 17.0 Å². The van der Waals surface area contributed by atoms with Gasteiger partial charge in [0.15, 0.2) is 0 Å². The summed E-state index contributed by atoms with van der Waals surface area (Å²) in [5, 5.41) is 0. The SMILES string of the molecule is CC1CN(S(=O)(=O)N2CCN(C(=O)[C@@H]3CCC[C@@H]3CN)CC2)CC(C)O1. The number of nitrogens with two attached hydrogens (primary N) is 1. The lowest BCUT2D eigenvalue weighted by atomic mass is 9.94. The van der Waals surface area contributed by atoms with Gasteiger partial charge in [0.05, 0.1) is 12.2 Å². The van der Waals surface area contributed by atoms with Crippen molar-refractivity contribution in [1.29, 1.82) is 0 Å². The van der Waals surface area contributed by atoms with E-state index in [4.69, 9.17) is 10.5 Å². The summed E-state index contributed by atoms with van der Waals surface area (Å²) in [6.45, 7) is 6.73. The maximum Gasteiger partial charge on any atom is 0.282 e. The van der Waals surface area contributed by atoms with E-state index >= 15 is 0 Å². The normalized spacial score (nSPS) is 35.0. The number of rotatable bonds is 4. The molecular formula is C17H32N4O4S. The first-order valence-corrected chi connectivity index (χ1v) is 11.1. The Kier molecular flexibility index (Phi) is 6.23. The van der Waals surface area contributed by atoms with Crippen LogP contribution in [-0.4, -0.2) is 85.9 Å². The Morgan fingerprint density at radius 3 is 2.23 bits per heavy atom. The van der Waals surface area contributed by atoms with Crippen LogP contribution in [0.1, 0.15) is 33.1 Å². The van der Waals surface area contributed by atoms with Gasteiger partial charge in [0, 0.05) is 45.2 Å². The van der Waals surface area contributed by atoms with Crippen LogP contribution in [0, 0.1) is 11.8 Å². The largest absolute Gasteiger partial charge is 0.373 e. The molecule has 4 atom stereocenters. The van der Waals surface area contributed by atoms with E-state index in [1.165, 1.54) is 8.61 Å². The minimum atomic E-state index is -3.51. The van der Waals surface area contributed by atoms with Crippen molar-refractivity contribution < 1.29 is 17.9 Å². The first-order valence-electron chi connectivity index (χ1n) is 9.72. The van der Waals surface area contributed by atoms with E-state index in [0.717, 1.165) is 19.3 Å². The van der Waals surface area contributed by atoms with Crippen molar-refractivity contribution in [2.45, 2.75) is 45.3 Å². The van der Waals surface area contributed by atoms with E-state index in [-0.39, 0.29) is 30.0 Å². The monoisotopic (exact) mass is 388 g/mol. The number of nitrogens with zero attached hydrogens (tertiary/aromatic N) is 3. The Bertz CT molecular complexity index is 596. The van der Waals surface area contributed by atoms with Crippen molar-refractivity contribution in [3.8, 4) is 0 Å². The Labute approximate surface area is 156 Å². The lowest BCUT2D eigenvalue weighted by Gasteiger charge is -2.40. The molecule has 1 saturated carbocycles. The van der Waals surface area contributed by atoms with Crippen LogP contribution in [0.3, 0.4) is 0 Å². The number of amides is 1. The summed E-state index contributed by atoms with van der Waals surface area (Å²) in [4.78, 5) is 14.6. The van der Waals surface area contributed by atoms with Gasteiger partial charge in [-0.3, -0.25) is 4.79 Å². The van der Waals surface area contributed by atoms with Crippen LogP contribution in [0.15, 0.2) is 0 Å². The summed E-state index contributed by atoms with van der Waals surface area (Å²) in [5.74, 6) is 0.452. The topological polar surface area (TPSA) is 96.2 Å². The van der Waals surface area contributed by atoms with Crippen molar-refractivity contribution >= 4 is 16.1 Å². The first kappa shape index (κ1) is 20.0. The van der Waals surface area contributed by atoms with Gasteiger partial charge in [-0.1, -0.05) is 6.42 Å². The summed E-state index contributed by atoms with van der Waals surface area (Å²) >= 11 is 0. The molecule has 2 aliphatic heterocycles. The maximum absolute atomic E-state index is 12.9. The Balaban J connectivity index is 1.58. The second kappa shape index (κ2) is 8.10. The standard InChI is InChI=1S/C17H32N4O4S/c1-13-11-21(12-14(2)25-13)26(23,24)20-8-6-19(7-9-20)17(22)16-5-3-4-15(16)10-18/h13-16H,3-12,18H2,1-2H3/t13?,14?,15-,16-/m1/s1. The molecular weight excluding hydrogens is 356 g/mol. The van der Waals surface area contributed by atoms with Gasteiger partial charge in [0.2, 0.25) is 5.91 Å². The molecule has 3 aliphatic rings. The van der Waals surface area contributed by atoms with Crippen LogP contribution in [0.4, 0.5) is 0 Å². The molecule has 150 valence electrons. The van der Waals surface area contributed by atoms with Crippen LogP contribution in [0.2, 0.25) is 0 Å². The number of ether oxygens (including phenoxy) is 1. The highest BCUT2D eigenvalue weighted by molar-refractivity contribution is 7.86. The number of piperazine rings is 1. The Morgan fingerprint density at radius 1 is 1.04 bits per heavy atom. The lowest BCUT2D eigenvalue weighted by Crippen LogP contribution is -2.58. The van der Waals surface area contributed by atoms with Crippen molar-refractivity contribution in [2.24, 2.45) is 17.6 Å². The van der Waals surface area contributed by atoms with Gasteiger partial charge in [-0.25, -0.2) is 0 Å². The van der Waals surface area contributed by atoms with Crippen LogP contribution >= 0.6 is 0 Å². The third kappa shape index (κ3) is 4.06. The van der Waals surface area contributed by atoms with Crippen molar-refractivity contribution in [3.05, 3.63) is 0 Å². The van der Waals surface area contributed by atoms with Gasteiger partial charge in [0.25, 0.3) is 10.2 Å². The zero-order chi connectivity index (χ0) is 18.9. The molecule has 1 amide bonds. The van der Waals surface area contributed by atoms with Gasteiger partial charge in [-0.05, 0) is 39.2 Å². The molecule has 0 aromatic carbocycles. The highest BCUT2D eigenvalue weighted by Crippen LogP contribution is 2.32. The zero-order valence-electron chi connectivity index (χ0n) is 15.8. The third-order valence-electron chi connectivity index (χ3n) is 5.87. The van der Waals surface area contributed by atoms with E-state index in [2.05, 4.69) is 0 Å². The lowest BCUT2D eigenvalue weighted by molar-refractivity contribution is -0.137. The third-order valence-corrected chi connectivity index (χ3v) is 7.84. The van der Waals surface area contributed by atoms with Crippen LogP contribution in [0.5, 0.6) is 0 Å². The predicted octanol–water partition coefficient (Wildman–Crippen LogP) is -0.140. The van der Waals surface area contributed by atoms with E-state index in [1.54, 1.807) is 0 Å². The average Bonchev–Trinajstić information content (AvgIpc) is 3.09.